The van der Waals surface area contributed by atoms with Crippen LogP contribution in [0.3, 0.4) is 0 Å². The van der Waals surface area contributed by atoms with Crippen LogP contribution in [0.25, 0.3) is 0 Å². The predicted octanol–water partition coefficient (Wildman–Crippen LogP) is 1.46. The van der Waals surface area contributed by atoms with E-state index in [0.29, 0.717) is 32.5 Å². The molecule has 2 aliphatic heterocycles. The van der Waals surface area contributed by atoms with Crippen LogP contribution >= 0.6 is 0 Å². The Morgan fingerprint density at radius 2 is 1.96 bits per heavy atom. The van der Waals surface area contributed by atoms with Gasteiger partial charge in [-0.25, -0.2) is 18.4 Å². The van der Waals surface area contributed by atoms with Crippen molar-refractivity contribution in [2.45, 2.75) is 30.7 Å². The molecule has 3 heterocycles. The Morgan fingerprint density at radius 1 is 1.15 bits per heavy atom. The first-order chi connectivity index (χ1) is 13.1. The van der Waals surface area contributed by atoms with Crippen molar-refractivity contribution in [1.29, 1.82) is 0 Å². The number of hydrogen-bond donors (Lipinski definition) is 0. The number of carbonyl (C=O) groups is 1. The van der Waals surface area contributed by atoms with E-state index in [2.05, 4.69) is 9.97 Å². The van der Waals surface area contributed by atoms with Gasteiger partial charge in [0.25, 0.3) is 0 Å². The summed E-state index contributed by atoms with van der Waals surface area (Å²) in [5.41, 5.74) is 1.97. The second-order valence-corrected chi connectivity index (χ2v) is 8.96. The first kappa shape index (κ1) is 18.1. The van der Waals surface area contributed by atoms with Gasteiger partial charge in [0, 0.05) is 25.8 Å². The molecule has 0 bridgehead atoms. The van der Waals surface area contributed by atoms with Crippen LogP contribution in [0, 0.1) is 5.92 Å². The number of carbonyl (C=O) groups excluding carboxylic acids is 1. The Balaban J connectivity index is 1.48. The van der Waals surface area contributed by atoms with Crippen molar-refractivity contribution in [2.75, 3.05) is 19.6 Å². The van der Waals surface area contributed by atoms with E-state index >= 15 is 0 Å². The van der Waals surface area contributed by atoms with Crippen molar-refractivity contribution < 1.29 is 13.2 Å². The molecule has 1 atom stereocenters. The highest BCUT2D eigenvalue weighted by Gasteiger charge is 2.35. The summed E-state index contributed by atoms with van der Waals surface area (Å²) in [6.45, 7) is 1.79. The molecular formula is C19H22N4O3S. The molecule has 1 amide bonds. The number of benzene rings is 1. The lowest BCUT2D eigenvalue weighted by Gasteiger charge is -2.35. The van der Waals surface area contributed by atoms with Crippen LogP contribution in [-0.2, 0) is 27.8 Å². The second kappa shape index (κ2) is 7.36. The number of hydrogen-bond acceptors (Lipinski definition) is 5. The van der Waals surface area contributed by atoms with E-state index in [1.54, 1.807) is 41.4 Å². The van der Waals surface area contributed by atoms with Crippen LogP contribution in [0.4, 0.5) is 0 Å². The topological polar surface area (TPSA) is 83.5 Å². The molecule has 142 valence electrons. The normalized spacial score (nSPS) is 20.9. The maximum Gasteiger partial charge on any atom is 0.243 e. The fourth-order valence-electron chi connectivity index (χ4n) is 3.80. The van der Waals surface area contributed by atoms with Gasteiger partial charge in [-0.15, -0.1) is 0 Å². The molecule has 1 aromatic heterocycles. The molecule has 1 aromatic carbocycles. The maximum atomic E-state index is 13.0. The number of aromatic nitrogens is 2. The molecule has 1 fully saturated rings. The molecule has 7 nitrogen and oxygen atoms in total. The SMILES string of the molecule is O=C(C1CCCN(S(=O)(=O)c2ccccc2)C1)N1CCc2cncnc2C1. The zero-order valence-electron chi connectivity index (χ0n) is 15.0. The van der Waals surface area contributed by atoms with Gasteiger partial charge in [-0.2, -0.15) is 4.31 Å². The number of fused-ring (bicyclic) bond motifs is 1. The van der Waals surface area contributed by atoms with Gasteiger partial charge < -0.3 is 4.90 Å². The lowest BCUT2D eigenvalue weighted by atomic mass is 9.96. The van der Waals surface area contributed by atoms with E-state index in [0.717, 1.165) is 17.7 Å². The fraction of sp³-hybridized carbons (Fsp3) is 0.421. The van der Waals surface area contributed by atoms with Crippen LogP contribution in [0.2, 0.25) is 0 Å². The quantitative estimate of drug-likeness (QED) is 0.798. The van der Waals surface area contributed by atoms with E-state index in [-0.39, 0.29) is 23.3 Å². The van der Waals surface area contributed by atoms with Gasteiger partial charge in [0.05, 0.1) is 23.1 Å². The zero-order chi connectivity index (χ0) is 18.9. The van der Waals surface area contributed by atoms with Crippen molar-refractivity contribution in [3.8, 4) is 0 Å². The summed E-state index contributed by atoms with van der Waals surface area (Å²) >= 11 is 0. The van der Waals surface area contributed by atoms with Crippen LogP contribution in [0.15, 0.2) is 47.8 Å². The average Bonchev–Trinajstić information content (AvgIpc) is 2.73. The molecule has 27 heavy (non-hydrogen) atoms. The summed E-state index contributed by atoms with van der Waals surface area (Å²) in [7, 11) is -3.57. The van der Waals surface area contributed by atoms with Gasteiger partial charge in [0.2, 0.25) is 15.9 Å². The standard InChI is InChI=1S/C19H22N4O3S/c24-19(22-10-8-15-11-20-14-21-18(15)13-22)16-5-4-9-23(12-16)27(25,26)17-6-2-1-3-7-17/h1-3,6-7,11,14,16H,4-5,8-10,12-13H2. The Labute approximate surface area is 159 Å². The van der Waals surface area contributed by atoms with E-state index in [4.69, 9.17) is 0 Å². The molecule has 2 aromatic rings. The molecule has 4 rings (SSSR count). The third-order valence-corrected chi connectivity index (χ3v) is 7.18. The highest BCUT2D eigenvalue weighted by Crippen LogP contribution is 2.26. The predicted molar refractivity (Wildman–Crippen MR) is 99.1 cm³/mol. The van der Waals surface area contributed by atoms with Gasteiger partial charge in [0.15, 0.2) is 0 Å². The van der Waals surface area contributed by atoms with Crippen LogP contribution in [0.1, 0.15) is 24.1 Å². The van der Waals surface area contributed by atoms with Crippen molar-refractivity contribution in [1.82, 2.24) is 19.2 Å². The lowest BCUT2D eigenvalue weighted by Crippen LogP contribution is -2.47. The molecule has 1 saturated heterocycles. The summed E-state index contributed by atoms with van der Waals surface area (Å²) in [5.74, 6) is -0.284. The molecule has 1 unspecified atom stereocenters. The van der Waals surface area contributed by atoms with E-state index in [1.165, 1.54) is 10.6 Å². The Bertz CT molecular complexity index is 933. The van der Waals surface area contributed by atoms with Gasteiger partial charge in [-0.1, -0.05) is 18.2 Å². The number of sulfonamides is 1. The van der Waals surface area contributed by atoms with Gasteiger partial charge in [0.1, 0.15) is 6.33 Å². The second-order valence-electron chi connectivity index (χ2n) is 7.02. The highest BCUT2D eigenvalue weighted by molar-refractivity contribution is 7.89. The monoisotopic (exact) mass is 386 g/mol. The van der Waals surface area contributed by atoms with E-state index < -0.39 is 10.0 Å². The van der Waals surface area contributed by atoms with E-state index in [9.17, 15) is 13.2 Å². The molecule has 2 aliphatic rings. The van der Waals surface area contributed by atoms with Crippen LogP contribution < -0.4 is 0 Å². The zero-order valence-corrected chi connectivity index (χ0v) is 15.8. The minimum Gasteiger partial charge on any atom is -0.336 e. The van der Waals surface area contributed by atoms with Gasteiger partial charge in [-0.3, -0.25) is 4.79 Å². The Kier molecular flexibility index (Phi) is 4.92. The molecular weight excluding hydrogens is 364 g/mol. The van der Waals surface area contributed by atoms with Gasteiger partial charge in [-0.05, 0) is 37.0 Å². The Hall–Kier alpha value is -2.32. The van der Waals surface area contributed by atoms with Crippen molar-refractivity contribution in [3.05, 3.63) is 54.1 Å². The Morgan fingerprint density at radius 3 is 2.78 bits per heavy atom. The molecule has 0 saturated carbocycles. The summed E-state index contributed by atoms with van der Waals surface area (Å²) in [6.07, 6.45) is 5.45. The summed E-state index contributed by atoms with van der Waals surface area (Å²) in [4.78, 5) is 23.4. The van der Waals surface area contributed by atoms with Crippen LogP contribution in [-0.4, -0.2) is 53.1 Å². The molecule has 0 N–H and O–H groups in total. The van der Waals surface area contributed by atoms with E-state index in [1.807, 2.05) is 0 Å². The van der Waals surface area contributed by atoms with Crippen molar-refractivity contribution in [2.24, 2.45) is 5.92 Å². The van der Waals surface area contributed by atoms with Gasteiger partial charge >= 0.3 is 0 Å². The average molecular weight is 386 g/mol. The summed E-state index contributed by atoms with van der Waals surface area (Å²) in [6, 6.07) is 8.42. The molecule has 8 heteroatoms. The largest absolute Gasteiger partial charge is 0.336 e. The third kappa shape index (κ3) is 3.59. The van der Waals surface area contributed by atoms with Crippen LogP contribution in [0.5, 0.6) is 0 Å². The summed E-state index contributed by atoms with van der Waals surface area (Å²) in [5, 5.41) is 0. The first-order valence-corrected chi connectivity index (χ1v) is 10.6. The first-order valence-electron chi connectivity index (χ1n) is 9.17. The third-order valence-electron chi connectivity index (χ3n) is 5.30. The molecule has 0 radical (unpaired) electrons. The number of rotatable bonds is 3. The number of nitrogens with zero attached hydrogens (tertiary/aromatic N) is 4. The number of amides is 1. The highest BCUT2D eigenvalue weighted by atomic mass is 32.2. The summed E-state index contributed by atoms with van der Waals surface area (Å²) < 4.78 is 27.2. The smallest absolute Gasteiger partial charge is 0.243 e. The molecule has 0 spiro atoms. The maximum absolute atomic E-state index is 13.0. The lowest BCUT2D eigenvalue weighted by molar-refractivity contribution is -0.137. The fourth-order valence-corrected chi connectivity index (χ4v) is 5.35. The minimum absolute atomic E-state index is 0.0206. The number of piperidine rings is 1. The van der Waals surface area contributed by atoms with Crippen molar-refractivity contribution in [3.63, 3.8) is 0 Å². The minimum atomic E-state index is -3.57. The molecule has 0 aliphatic carbocycles. The van der Waals surface area contributed by atoms with Crippen molar-refractivity contribution >= 4 is 15.9 Å².